The summed E-state index contributed by atoms with van der Waals surface area (Å²) in [4.78, 5) is 15.0. The molecule has 2 aromatic carbocycles. The topological polar surface area (TPSA) is 40.5 Å². The monoisotopic (exact) mass is 355 g/mol. The van der Waals surface area contributed by atoms with Gasteiger partial charge in [-0.15, -0.1) is 6.58 Å². The van der Waals surface area contributed by atoms with Gasteiger partial charge in [0.05, 0.1) is 12.0 Å². The molecule has 0 unspecified atom stereocenters. The number of aliphatic hydroxyl groups is 1. The van der Waals surface area contributed by atoms with Gasteiger partial charge in [-0.3, -0.25) is 4.79 Å². The second-order valence-corrected chi connectivity index (χ2v) is 6.87. The normalized spacial score (nSPS) is 16.1. The van der Waals surface area contributed by atoms with E-state index in [4.69, 9.17) is 11.6 Å². The minimum Gasteiger partial charge on any atom is -0.388 e. The Morgan fingerprint density at radius 3 is 2.40 bits per heavy atom. The fourth-order valence-electron chi connectivity index (χ4n) is 3.16. The zero-order valence-electron chi connectivity index (χ0n) is 14.0. The molecular formula is C21H22ClNO2. The van der Waals surface area contributed by atoms with Crippen molar-refractivity contribution in [2.45, 2.75) is 18.9 Å². The number of hydrogen-bond acceptors (Lipinski definition) is 2. The van der Waals surface area contributed by atoms with E-state index < -0.39 is 12.0 Å². The summed E-state index contributed by atoms with van der Waals surface area (Å²) >= 11 is 5.94. The number of nitrogens with zero attached hydrogens (tertiary/aromatic N) is 1. The molecule has 0 heterocycles. The van der Waals surface area contributed by atoms with Crippen LogP contribution in [0.2, 0.25) is 5.02 Å². The average Bonchev–Trinajstić information content (AvgIpc) is 3.46. The van der Waals surface area contributed by atoms with E-state index >= 15 is 0 Å². The van der Waals surface area contributed by atoms with Crippen molar-refractivity contribution in [1.29, 1.82) is 0 Å². The van der Waals surface area contributed by atoms with Gasteiger partial charge in [0, 0.05) is 17.3 Å². The molecule has 1 aliphatic rings. The molecule has 3 nitrogen and oxygen atoms in total. The maximum absolute atomic E-state index is 13.3. The van der Waals surface area contributed by atoms with E-state index in [1.54, 1.807) is 35.2 Å². The number of amides is 1. The van der Waals surface area contributed by atoms with Gasteiger partial charge in [-0.1, -0.05) is 48.0 Å². The summed E-state index contributed by atoms with van der Waals surface area (Å²) in [5, 5.41) is 11.5. The van der Waals surface area contributed by atoms with Crippen molar-refractivity contribution in [3.8, 4) is 0 Å². The Labute approximate surface area is 153 Å². The molecule has 0 saturated heterocycles. The van der Waals surface area contributed by atoms with Crippen LogP contribution in [-0.2, 0) is 4.79 Å². The summed E-state index contributed by atoms with van der Waals surface area (Å²) in [7, 11) is 0. The predicted octanol–water partition coefficient (Wildman–Crippen LogP) is 4.62. The van der Waals surface area contributed by atoms with Crippen molar-refractivity contribution in [2.24, 2.45) is 11.8 Å². The molecule has 1 fully saturated rings. The van der Waals surface area contributed by atoms with Crippen LogP contribution < -0.4 is 4.90 Å². The van der Waals surface area contributed by atoms with Gasteiger partial charge in [0.1, 0.15) is 0 Å². The zero-order valence-corrected chi connectivity index (χ0v) is 14.8. The van der Waals surface area contributed by atoms with Gasteiger partial charge >= 0.3 is 0 Å². The molecule has 130 valence electrons. The van der Waals surface area contributed by atoms with Gasteiger partial charge in [0.25, 0.3) is 0 Å². The number of carbonyl (C=O) groups excluding carboxylic acids is 1. The Balaban J connectivity index is 1.89. The number of para-hydroxylation sites is 1. The third-order valence-corrected chi connectivity index (χ3v) is 4.86. The van der Waals surface area contributed by atoms with Crippen LogP contribution in [0.1, 0.15) is 24.5 Å². The number of benzene rings is 2. The number of halogens is 1. The molecule has 1 saturated carbocycles. The Bertz CT molecular complexity index is 725. The van der Waals surface area contributed by atoms with E-state index in [2.05, 4.69) is 6.58 Å². The molecule has 2 aromatic rings. The Morgan fingerprint density at radius 1 is 1.20 bits per heavy atom. The first-order valence-electron chi connectivity index (χ1n) is 8.52. The Morgan fingerprint density at radius 2 is 1.84 bits per heavy atom. The molecular weight excluding hydrogens is 334 g/mol. The molecule has 0 radical (unpaired) electrons. The molecule has 0 aliphatic heterocycles. The van der Waals surface area contributed by atoms with Gasteiger partial charge in [-0.2, -0.15) is 0 Å². The number of anilines is 1. The molecule has 4 heteroatoms. The lowest BCUT2D eigenvalue weighted by atomic mass is 9.90. The lowest BCUT2D eigenvalue weighted by molar-refractivity contribution is -0.126. The maximum atomic E-state index is 13.3. The molecule has 0 spiro atoms. The van der Waals surface area contributed by atoms with E-state index in [9.17, 15) is 9.90 Å². The van der Waals surface area contributed by atoms with E-state index in [-0.39, 0.29) is 11.8 Å². The average molecular weight is 356 g/mol. The van der Waals surface area contributed by atoms with Crippen LogP contribution in [0.3, 0.4) is 0 Å². The second kappa shape index (κ2) is 7.85. The lowest BCUT2D eigenvalue weighted by Crippen LogP contribution is -2.40. The van der Waals surface area contributed by atoms with Crippen molar-refractivity contribution < 1.29 is 9.90 Å². The molecule has 0 aromatic heterocycles. The molecule has 25 heavy (non-hydrogen) atoms. The first kappa shape index (κ1) is 17.7. The van der Waals surface area contributed by atoms with Crippen molar-refractivity contribution in [3.05, 3.63) is 77.8 Å². The molecule has 1 N–H and O–H groups in total. The van der Waals surface area contributed by atoms with Gasteiger partial charge in [-0.25, -0.2) is 0 Å². The predicted molar refractivity (Wildman–Crippen MR) is 102 cm³/mol. The number of hydrogen-bond donors (Lipinski definition) is 1. The minimum absolute atomic E-state index is 0.0592. The number of aliphatic hydroxyl groups excluding tert-OH is 1. The van der Waals surface area contributed by atoms with Crippen molar-refractivity contribution in [1.82, 2.24) is 0 Å². The first-order valence-corrected chi connectivity index (χ1v) is 8.90. The summed E-state index contributed by atoms with van der Waals surface area (Å²) in [5.74, 6) is -0.299. The van der Waals surface area contributed by atoms with Crippen LogP contribution >= 0.6 is 11.6 Å². The summed E-state index contributed by atoms with van der Waals surface area (Å²) in [5.41, 5.74) is 1.54. The van der Waals surface area contributed by atoms with Crippen LogP contribution in [0.4, 0.5) is 5.69 Å². The highest BCUT2D eigenvalue weighted by Gasteiger charge is 2.43. The quantitative estimate of drug-likeness (QED) is 0.736. The lowest BCUT2D eigenvalue weighted by Gasteiger charge is -2.29. The molecule has 1 aliphatic carbocycles. The Hall–Kier alpha value is -2.10. The van der Waals surface area contributed by atoms with E-state index in [0.29, 0.717) is 11.6 Å². The first-order chi connectivity index (χ1) is 12.1. The van der Waals surface area contributed by atoms with Crippen molar-refractivity contribution >= 4 is 23.2 Å². The third-order valence-electron chi connectivity index (χ3n) is 4.61. The summed E-state index contributed by atoms with van der Waals surface area (Å²) < 4.78 is 0. The summed E-state index contributed by atoms with van der Waals surface area (Å²) in [6.07, 6.45) is 2.81. The van der Waals surface area contributed by atoms with Crippen molar-refractivity contribution in [3.63, 3.8) is 0 Å². The van der Waals surface area contributed by atoms with Gasteiger partial charge < -0.3 is 10.0 Å². The van der Waals surface area contributed by atoms with Gasteiger partial charge in [0.15, 0.2) is 0 Å². The highest BCUT2D eigenvalue weighted by atomic mass is 35.5. The maximum Gasteiger partial charge on any atom is 0.233 e. The summed E-state index contributed by atoms with van der Waals surface area (Å²) in [6, 6.07) is 16.6. The fraction of sp³-hybridized carbons (Fsp3) is 0.286. The van der Waals surface area contributed by atoms with E-state index in [0.717, 1.165) is 24.1 Å². The zero-order chi connectivity index (χ0) is 17.8. The van der Waals surface area contributed by atoms with Crippen LogP contribution in [0.15, 0.2) is 67.3 Å². The number of carbonyl (C=O) groups is 1. The third kappa shape index (κ3) is 4.12. The largest absolute Gasteiger partial charge is 0.388 e. The van der Waals surface area contributed by atoms with Gasteiger partial charge in [0.2, 0.25) is 5.91 Å². The highest BCUT2D eigenvalue weighted by Crippen LogP contribution is 2.44. The Kier molecular flexibility index (Phi) is 5.57. The van der Waals surface area contributed by atoms with Crippen LogP contribution in [0.25, 0.3) is 0 Å². The van der Waals surface area contributed by atoms with E-state index in [1.807, 2.05) is 30.3 Å². The van der Waals surface area contributed by atoms with E-state index in [1.165, 1.54) is 0 Å². The van der Waals surface area contributed by atoms with Gasteiger partial charge in [-0.05, 0) is 48.6 Å². The molecule has 3 rings (SSSR count). The van der Waals surface area contributed by atoms with Crippen LogP contribution in [-0.4, -0.2) is 17.6 Å². The van der Waals surface area contributed by atoms with Crippen molar-refractivity contribution in [2.75, 3.05) is 11.4 Å². The second-order valence-electron chi connectivity index (χ2n) is 6.43. The minimum atomic E-state index is -0.840. The standard InChI is InChI=1S/C21H22ClNO2/c1-2-14-23(18-6-4-3-5-7-18)21(25)19(15-8-9-15)20(24)16-10-12-17(22)13-11-16/h2-7,10-13,15,19-20,24H,1,8-9,14H2/t19-,20-/m1/s1. The molecule has 1 amide bonds. The molecule has 0 bridgehead atoms. The van der Waals surface area contributed by atoms with Crippen LogP contribution in [0.5, 0.6) is 0 Å². The molecule has 2 atom stereocenters. The number of rotatable bonds is 7. The summed E-state index contributed by atoms with van der Waals surface area (Å²) in [6.45, 7) is 4.19. The SMILES string of the molecule is C=CCN(C(=O)[C@H](C1CC1)[C@H](O)c1ccc(Cl)cc1)c1ccccc1. The highest BCUT2D eigenvalue weighted by molar-refractivity contribution is 6.30. The fourth-order valence-corrected chi connectivity index (χ4v) is 3.28. The van der Waals surface area contributed by atoms with Crippen LogP contribution in [0, 0.1) is 11.8 Å². The smallest absolute Gasteiger partial charge is 0.233 e.